The Balaban J connectivity index is 2.90. The Hall–Kier alpha value is -0.0800. The fourth-order valence-electron chi connectivity index (χ4n) is 2.43. The lowest BCUT2D eigenvalue weighted by molar-refractivity contribution is -0.0153. The summed E-state index contributed by atoms with van der Waals surface area (Å²) in [6.45, 7) is 18.1. The molecule has 2 heteroatoms. The average molecular weight is 227 g/mol. The summed E-state index contributed by atoms with van der Waals surface area (Å²) in [5.74, 6) is 0. The molecule has 1 aliphatic heterocycles. The molecular weight excluding hydrogens is 198 g/mol. The van der Waals surface area contributed by atoms with Crippen LogP contribution in [-0.2, 0) is 4.74 Å². The molecule has 0 aliphatic carbocycles. The molecule has 1 fully saturated rings. The third kappa shape index (κ3) is 3.46. The van der Waals surface area contributed by atoms with E-state index in [1.165, 1.54) is 0 Å². The van der Waals surface area contributed by atoms with Crippen molar-refractivity contribution in [1.29, 1.82) is 0 Å². The molecule has 96 valence electrons. The Morgan fingerprint density at radius 3 is 2.06 bits per heavy atom. The smallest absolute Gasteiger partial charge is 0.0630 e. The Morgan fingerprint density at radius 1 is 1.06 bits per heavy atom. The maximum Gasteiger partial charge on any atom is 0.0630 e. The SMILES string of the molecule is CC1CCN(C(C)(C)C)[C@@H](C(C)(C)C)CO1. The number of rotatable bonds is 0. The minimum absolute atomic E-state index is 0.228. The normalized spacial score (nSPS) is 30.2. The molecule has 1 aliphatic rings. The molecule has 0 saturated carbocycles. The van der Waals surface area contributed by atoms with Gasteiger partial charge in [-0.1, -0.05) is 20.8 Å². The first-order valence-electron chi connectivity index (χ1n) is 6.50. The van der Waals surface area contributed by atoms with Gasteiger partial charge in [0.05, 0.1) is 12.7 Å². The van der Waals surface area contributed by atoms with Crippen LogP contribution in [-0.4, -0.2) is 35.7 Å². The highest BCUT2D eigenvalue weighted by atomic mass is 16.5. The second-order valence-corrected chi connectivity index (χ2v) is 7.18. The maximum atomic E-state index is 5.93. The van der Waals surface area contributed by atoms with Crippen molar-refractivity contribution in [2.24, 2.45) is 5.41 Å². The molecule has 0 N–H and O–H groups in total. The second-order valence-electron chi connectivity index (χ2n) is 7.18. The third-order valence-corrected chi connectivity index (χ3v) is 3.55. The van der Waals surface area contributed by atoms with Gasteiger partial charge in [0.2, 0.25) is 0 Å². The highest BCUT2D eigenvalue weighted by Gasteiger charge is 2.38. The number of hydrogen-bond acceptors (Lipinski definition) is 2. The summed E-state index contributed by atoms with van der Waals surface area (Å²) >= 11 is 0. The zero-order valence-corrected chi connectivity index (χ0v) is 12.1. The molecule has 0 bridgehead atoms. The largest absolute Gasteiger partial charge is 0.377 e. The van der Waals surface area contributed by atoms with E-state index in [-0.39, 0.29) is 11.0 Å². The average Bonchev–Trinajstić information content (AvgIpc) is 2.23. The van der Waals surface area contributed by atoms with Crippen molar-refractivity contribution in [1.82, 2.24) is 4.90 Å². The van der Waals surface area contributed by atoms with Gasteiger partial charge >= 0.3 is 0 Å². The lowest BCUT2D eigenvalue weighted by Gasteiger charge is -2.46. The van der Waals surface area contributed by atoms with E-state index in [0.717, 1.165) is 19.6 Å². The molecule has 0 aromatic carbocycles. The first kappa shape index (κ1) is 14.0. The topological polar surface area (TPSA) is 12.5 Å². The van der Waals surface area contributed by atoms with Gasteiger partial charge in [-0.3, -0.25) is 4.90 Å². The van der Waals surface area contributed by atoms with Gasteiger partial charge in [0, 0.05) is 18.1 Å². The Morgan fingerprint density at radius 2 is 1.62 bits per heavy atom. The van der Waals surface area contributed by atoms with Crippen LogP contribution in [0.4, 0.5) is 0 Å². The van der Waals surface area contributed by atoms with E-state index >= 15 is 0 Å². The molecular formula is C14H29NO. The summed E-state index contributed by atoms with van der Waals surface area (Å²) in [5, 5.41) is 0. The van der Waals surface area contributed by atoms with Crippen LogP contribution in [0.15, 0.2) is 0 Å². The second kappa shape index (κ2) is 4.66. The number of nitrogens with zero attached hydrogens (tertiary/aromatic N) is 1. The predicted molar refractivity (Wildman–Crippen MR) is 69.7 cm³/mol. The van der Waals surface area contributed by atoms with Crippen molar-refractivity contribution in [2.75, 3.05) is 13.2 Å². The van der Waals surface area contributed by atoms with Gasteiger partial charge in [-0.05, 0) is 39.5 Å². The molecule has 0 aromatic rings. The van der Waals surface area contributed by atoms with Gasteiger partial charge in [-0.2, -0.15) is 0 Å². The van der Waals surface area contributed by atoms with Gasteiger partial charge in [-0.15, -0.1) is 0 Å². The van der Waals surface area contributed by atoms with Crippen LogP contribution in [0.3, 0.4) is 0 Å². The van der Waals surface area contributed by atoms with Crippen LogP contribution in [0.1, 0.15) is 54.9 Å². The molecule has 0 spiro atoms. The van der Waals surface area contributed by atoms with Crippen LogP contribution in [0.25, 0.3) is 0 Å². The van der Waals surface area contributed by atoms with E-state index in [0.29, 0.717) is 12.1 Å². The van der Waals surface area contributed by atoms with Gasteiger partial charge in [0.25, 0.3) is 0 Å². The van der Waals surface area contributed by atoms with Crippen molar-refractivity contribution in [3.8, 4) is 0 Å². The molecule has 0 aromatic heterocycles. The van der Waals surface area contributed by atoms with Crippen LogP contribution in [0.2, 0.25) is 0 Å². The summed E-state index contributed by atoms with van der Waals surface area (Å²) < 4.78 is 5.93. The summed E-state index contributed by atoms with van der Waals surface area (Å²) in [4.78, 5) is 2.62. The van der Waals surface area contributed by atoms with E-state index in [9.17, 15) is 0 Å². The lowest BCUT2D eigenvalue weighted by Crippen LogP contribution is -2.54. The third-order valence-electron chi connectivity index (χ3n) is 3.55. The molecule has 2 nitrogen and oxygen atoms in total. The van der Waals surface area contributed by atoms with Crippen LogP contribution in [0, 0.1) is 5.41 Å². The molecule has 0 amide bonds. The Bertz CT molecular complexity index is 200. The highest BCUT2D eigenvalue weighted by molar-refractivity contribution is 4.91. The van der Waals surface area contributed by atoms with E-state index in [1.54, 1.807) is 0 Å². The summed E-state index contributed by atoms with van der Waals surface area (Å²) in [6, 6.07) is 0.512. The molecule has 1 heterocycles. The molecule has 16 heavy (non-hydrogen) atoms. The molecule has 1 unspecified atom stereocenters. The Kier molecular flexibility index (Phi) is 4.07. The van der Waals surface area contributed by atoms with Crippen molar-refractivity contribution < 1.29 is 4.74 Å². The zero-order valence-electron chi connectivity index (χ0n) is 12.1. The lowest BCUT2D eigenvalue weighted by atomic mass is 9.84. The first-order valence-corrected chi connectivity index (χ1v) is 6.50. The number of hydrogen-bond donors (Lipinski definition) is 0. The van der Waals surface area contributed by atoms with Crippen molar-refractivity contribution in [2.45, 2.75) is 72.6 Å². The van der Waals surface area contributed by atoms with Crippen LogP contribution >= 0.6 is 0 Å². The van der Waals surface area contributed by atoms with E-state index in [1.807, 2.05) is 0 Å². The zero-order chi connectivity index (χ0) is 12.6. The van der Waals surface area contributed by atoms with Crippen molar-refractivity contribution in [3.05, 3.63) is 0 Å². The van der Waals surface area contributed by atoms with E-state index in [4.69, 9.17) is 4.74 Å². The fraction of sp³-hybridized carbons (Fsp3) is 1.00. The van der Waals surface area contributed by atoms with E-state index < -0.39 is 0 Å². The molecule has 2 atom stereocenters. The molecule has 0 radical (unpaired) electrons. The van der Waals surface area contributed by atoms with Crippen LogP contribution < -0.4 is 0 Å². The minimum atomic E-state index is 0.228. The highest BCUT2D eigenvalue weighted by Crippen LogP contribution is 2.32. The standard InChI is InChI=1S/C14H29NO/c1-11-8-9-15(14(5,6)7)12(10-16-11)13(2,3)4/h11-12H,8-10H2,1-7H3/t11?,12-/m1/s1. The predicted octanol–water partition coefficient (Wildman–Crippen LogP) is 3.31. The van der Waals surface area contributed by atoms with Gasteiger partial charge in [0.15, 0.2) is 0 Å². The Labute approximate surface area is 101 Å². The summed E-state index contributed by atoms with van der Waals surface area (Å²) in [5.41, 5.74) is 0.503. The van der Waals surface area contributed by atoms with Crippen LogP contribution in [0.5, 0.6) is 0 Å². The van der Waals surface area contributed by atoms with Gasteiger partial charge in [-0.25, -0.2) is 0 Å². The maximum absolute atomic E-state index is 5.93. The monoisotopic (exact) mass is 227 g/mol. The molecule has 1 rings (SSSR count). The van der Waals surface area contributed by atoms with Crippen molar-refractivity contribution >= 4 is 0 Å². The molecule has 1 saturated heterocycles. The number of ether oxygens (including phenoxy) is 1. The summed E-state index contributed by atoms with van der Waals surface area (Å²) in [6.07, 6.45) is 1.54. The fourth-order valence-corrected chi connectivity index (χ4v) is 2.43. The van der Waals surface area contributed by atoms with Gasteiger partial charge in [0.1, 0.15) is 0 Å². The summed E-state index contributed by atoms with van der Waals surface area (Å²) in [7, 11) is 0. The van der Waals surface area contributed by atoms with E-state index in [2.05, 4.69) is 53.4 Å². The quantitative estimate of drug-likeness (QED) is 0.629. The minimum Gasteiger partial charge on any atom is -0.377 e. The van der Waals surface area contributed by atoms with Crippen molar-refractivity contribution in [3.63, 3.8) is 0 Å². The van der Waals surface area contributed by atoms with Gasteiger partial charge < -0.3 is 4.74 Å². The first-order chi connectivity index (χ1) is 7.12.